The molecule has 1 aliphatic heterocycles. The van der Waals surface area contributed by atoms with E-state index in [9.17, 15) is 18.0 Å². The van der Waals surface area contributed by atoms with Gasteiger partial charge in [-0.25, -0.2) is 8.42 Å². The highest BCUT2D eigenvalue weighted by Crippen LogP contribution is 2.25. The summed E-state index contributed by atoms with van der Waals surface area (Å²) in [7, 11) is -3.61. The second-order valence-corrected chi connectivity index (χ2v) is 11.5. The highest BCUT2D eigenvalue weighted by molar-refractivity contribution is 7.89. The molecule has 0 aromatic heterocycles. The molecule has 0 radical (unpaired) electrons. The molecule has 1 aromatic rings. The van der Waals surface area contributed by atoms with Crippen molar-refractivity contribution in [2.24, 2.45) is 11.8 Å². The molecule has 1 aromatic carbocycles. The quantitative estimate of drug-likeness (QED) is 0.703. The predicted molar refractivity (Wildman–Crippen MR) is 125 cm³/mol. The van der Waals surface area contributed by atoms with Crippen LogP contribution in [-0.2, 0) is 19.6 Å². The number of sulfonamides is 1. The van der Waals surface area contributed by atoms with Crippen LogP contribution < -0.4 is 5.32 Å². The lowest BCUT2D eigenvalue weighted by atomic mass is 9.88. The van der Waals surface area contributed by atoms with Gasteiger partial charge in [0.15, 0.2) is 0 Å². The molecule has 1 saturated carbocycles. The Hall–Kier alpha value is -1.93. The maximum absolute atomic E-state index is 13.2. The number of carbonyl (C=O) groups excluding carboxylic acids is 2. The zero-order valence-electron chi connectivity index (χ0n) is 19.8. The van der Waals surface area contributed by atoms with E-state index in [2.05, 4.69) is 5.32 Å². The zero-order valence-corrected chi connectivity index (χ0v) is 20.6. The molecule has 2 fully saturated rings. The van der Waals surface area contributed by atoms with Crippen LogP contribution in [0.5, 0.6) is 0 Å². The molecule has 1 aliphatic carbocycles. The number of piperazine rings is 1. The van der Waals surface area contributed by atoms with Gasteiger partial charge in [-0.3, -0.25) is 9.59 Å². The molecule has 1 atom stereocenters. The fourth-order valence-electron chi connectivity index (χ4n) is 4.62. The van der Waals surface area contributed by atoms with E-state index in [0.717, 1.165) is 36.8 Å². The van der Waals surface area contributed by atoms with E-state index in [1.54, 1.807) is 17.9 Å². The lowest BCUT2D eigenvalue weighted by Gasteiger charge is -2.37. The van der Waals surface area contributed by atoms with Gasteiger partial charge in [-0.1, -0.05) is 45.2 Å². The number of benzene rings is 1. The van der Waals surface area contributed by atoms with Gasteiger partial charge in [0.1, 0.15) is 6.04 Å². The summed E-state index contributed by atoms with van der Waals surface area (Å²) >= 11 is 0. The van der Waals surface area contributed by atoms with Gasteiger partial charge in [-0.15, -0.1) is 0 Å². The Bertz CT molecular complexity index is 931. The summed E-state index contributed by atoms with van der Waals surface area (Å²) in [5, 5.41) is 3.00. The average Bonchev–Trinajstić information content (AvgIpc) is 2.78. The molecule has 178 valence electrons. The number of hydrogen-bond donors (Lipinski definition) is 1. The fraction of sp³-hybridized carbons (Fsp3) is 0.667. The largest absolute Gasteiger partial charge is 0.344 e. The number of hydrogen-bond acceptors (Lipinski definition) is 4. The minimum Gasteiger partial charge on any atom is -0.344 e. The smallest absolute Gasteiger partial charge is 0.245 e. The van der Waals surface area contributed by atoms with Crippen LogP contribution in [0.4, 0.5) is 0 Å². The molecule has 1 N–H and O–H groups in total. The summed E-state index contributed by atoms with van der Waals surface area (Å²) in [6, 6.07) is 4.85. The second-order valence-electron chi connectivity index (χ2n) is 9.56. The number of nitrogens with one attached hydrogen (secondary N) is 1. The minimum atomic E-state index is -3.61. The monoisotopic (exact) mass is 463 g/mol. The van der Waals surface area contributed by atoms with E-state index >= 15 is 0 Å². The Balaban J connectivity index is 1.64. The normalized spacial score (nSPS) is 19.7. The van der Waals surface area contributed by atoms with Crippen LogP contribution >= 0.6 is 0 Å². The fourth-order valence-corrected chi connectivity index (χ4v) is 6.35. The summed E-state index contributed by atoms with van der Waals surface area (Å²) in [4.78, 5) is 28.0. The van der Waals surface area contributed by atoms with E-state index in [0.29, 0.717) is 18.0 Å². The average molecular weight is 464 g/mol. The third-order valence-corrected chi connectivity index (χ3v) is 8.76. The third kappa shape index (κ3) is 5.52. The van der Waals surface area contributed by atoms with E-state index in [1.807, 2.05) is 32.9 Å². The molecular formula is C24H37N3O4S. The Morgan fingerprint density at radius 2 is 1.62 bits per heavy atom. The second kappa shape index (κ2) is 10.3. The van der Waals surface area contributed by atoms with Crippen molar-refractivity contribution < 1.29 is 18.0 Å². The van der Waals surface area contributed by atoms with Gasteiger partial charge in [0.25, 0.3) is 0 Å². The molecule has 32 heavy (non-hydrogen) atoms. The van der Waals surface area contributed by atoms with Crippen molar-refractivity contribution in [3.63, 3.8) is 0 Å². The van der Waals surface area contributed by atoms with Crippen LogP contribution in [0.25, 0.3) is 0 Å². The van der Waals surface area contributed by atoms with Crippen LogP contribution in [0.3, 0.4) is 0 Å². The molecule has 2 amide bonds. The number of nitrogens with zero attached hydrogens (tertiary/aromatic N) is 2. The van der Waals surface area contributed by atoms with Crippen molar-refractivity contribution in [2.75, 3.05) is 26.2 Å². The van der Waals surface area contributed by atoms with Crippen LogP contribution in [0.15, 0.2) is 23.1 Å². The minimum absolute atomic E-state index is 0.00245. The highest BCUT2D eigenvalue weighted by Gasteiger charge is 2.35. The van der Waals surface area contributed by atoms with Gasteiger partial charge in [-0.2, -0.15) is 4.31 Å². The van der Waals surface area contributed by atoms with E-state index in [1.165, 1.54) is 10.7 Å². The van der Waals surface area contributed by atoms with E-state index in [4.69, 9.17) is 0 Å². The first-order chi connectivity index (χ1) is 15.1. The Morgan fingerprint density at radius 3 is 2.22 bits per heavy atom. The topological polar surface area (TPSA) is 86.8 Å². The molecule has 3 rings (SSSR count). The predicted octanol–water partition coefficient (Wildman–Crippen LogP) is 2.86. The number of amides is 2. The Labute approximate surface area is 192 Å². The van der Waals surface area contributed by atoms with Gasteiger partial charge in [0.2, 0.25) is 21.8 Å². The van der Waals surface area contributed by atoms with Crippen molar-refractivity contribution in [3.8, 4) is 0 Å². The molecule has 0 bridgehead atoms. The molecule has 0 unspecified atom stereocenters. The maximum Gasteiger partial charge on any atom is 0.245 e. The van der Waals surface area contributed by atoms with Gasteiger partial charge in [-0.05, 0) is 49.8 Å². The van der Waals surface area contributed by atoms with Crippen molar-refractivity contribution in [1.29, 1.82) is 0 Å². The first kappa shape index (κ1) is 24.7. The van der Waals surface area contributed by atoms with E-state index in [-0.39, 0.29) is 36.7 Å². The molecule has 2 aliphatic rings. The lowest BCUT2D eigenvalue weighted by molar-refractivity contribution is -0.139. The number of carbonyl (C=O) groups is 2. The molecule has 0 spiro atoms. The Kier molecular flexibility index (Phi) is 7.98. The van der Waals surface area contributed by atoms with Gasteiger partial charge >= 0.3 is 0 Å². The number of rotatable bonds is 6. The summed E-state index contributed by atoms with van der Waals surface area (Å²) in [5.41, 5.74) is 1.62. The van der Waals surface area contributed by atoms with E-state index < -0.39 is 16.1 Å². The highest BCUT2D eigenvalue weighted by atomic mass is 32.2. The first-order valence-electron chi connectivity index (χ1n) is 11.8. The van der Waals surface area contributed by atoms with Gasteiger partial charge < -0.3 is 10.2 Å². The van der Waals surface area contributed by atoms with Gasteiger partial charge in [0, 0.05) is 32.1 Å². The zero-order chi connectivity index (χ0) is 23.5. The molecular weight excluding hydrogens is 426 g/mol. The van der Waals surface area contributed by atoms with Crippen molar-refractivity contribution >= 4 is 21.8 Å². The SMILES string of the molecule is Cc1ccc(C)c(S(=O)(=O)N2CCN(C(=O)[C@H](NC(=O)C3CCCCC3)C(C)C)CC2)c1. The van der Waals surface area contributed by atoms with Crippen LogP contribution in [-0.4, -0.2) is 61.7 Å². The Morgan fingerprint density at radius 1 is 1.00 bits per heavy atom. The van der Waals surface area contributed by atoms with Crippen molar-refractivity contribution in [2.45, 2.75) is 70.7 Å². The standard InChI is InChI=1S/C24H37N3O4S/c1-17(2)22(25-23(28)20-8-6-5-7-9-20)24(29)26-12-14-27(15-13-26)32(30,31)21-16-18(3)10-11-19(21)4/h10-11,16-17,20,22H,5-9,12-15H2,1-4H3,(H,25,28)/t22-/m1/s1. The van der Waals surface area contributed by atoms with Crippen molar-refractivity contribution in [1.82, 2.24) is 14.5 Å². The molecule has 8 heteroatoms. The summed E-state index contributed by atoms with van der Waals surface area (Å²) in [6.45, 7) is 8.70. The third-order valence-electron chi connectivity index (χ3n) is 6.72. The van der Waals surface area contributed by atoms with Crippen LogP contribution in [0.1, 0.15) is 57.1 Å². The first-order valence-corrected chi connectivity index (χ1v) is 13.2. The lowest BCUT2D eigenvalue weighted by Crippen LogP contribution is -2.57. The molecule has 1 heterocycles. The van der Waals surface area contributed by atoms with Crippen molar-refractivity contribution in [3.05, 3.63) is 29.3 Å². The van der Waals surface area contributed by atoms with Crippen LogP contribution in [0.2, 0.25) is 0 Å². The maximum atomic E-state index is 13.2. The summed E-state index contributed by atoms with van der Waals surface area (Å²) < 4.78 is 27.8. The summed E-state index contributed by atoms with van der Waals surface area (Å²) in [5.74, 6) is -0.176. The van der Waals surface area contributed by atoms with Gasteiger partial charge in [0.05, 0.1) is 4.90 Å². The number of aryl methyl sites for hydroxylation is 2. The van der Waals surface area contributed by atoms with Crippen LogP contribution in [0, 0.1) is 25.7 Å². The molecule has 7 nitrogen and oxygen atoms in total. The molecule has 1 saturated heterocycles. The summed E-state index contributed by atoms with van der Waals surface area (Å²) in [6.07, 6.45) is 5.08.